The largest absolute Gasteiger partial charge is 0.456 e. The number of pyridine rings is 2. The highest BCUT2D eigenvalue weighted by atomic mass is 33.1. The predicted molar refractivity (Wildman–Crippen MR) is 362 cm³/mol. The van der Waals surface area contributed by atoms with E-state index in [0.717, 1.165) is 40.4 Å². The van der Waals surface area contributed by atoms with Gasteiger partial charge in [0.2, 0.25) is 11.7 Å². The minimum absolute atomic E-state index is 0.0190. The van der Waals surface area contributed by atoms with Gasteiger partial charge in [-0.25, -0.2) is 29.4 Å². The smallest absolute Gasteiger partial charge is 0.433 e. The van der Waals surface area contributed by atoms with Crippen molar-refractivity contribution in [3.8, 4) is 0 Å². The maximum atomic E-state index is 14.7. The highest BCUT2D eigenvalue weighted by Gasteiger charge is 2.57. The van der Waals surface area contributed by atoms with E-state index in [9.17, 15) is 62.1 Å². The van der Waals surface area contributed by atoms with Crippen molar-refractivity contribution in [2.75, 3.05) is 76.4 Å². The van der Waals surface area contributed by atoms with Gasteiger partial charge in [0.05, 0.1) is 42.6 Å². The number of H-pyrrole nitrogens is 1. The lowest BCUT2D eigenvalue weighted by atomic mass is 9.81. The Morgan fingerprint density at radius 1 is 0.908 bits per heavy atom. The molecule has 25 nitrogen and oxygen atoms in total. The number of hydrogen-bond donors (Lipinski definition) is 6. The fraction of sp³-hybridized carbons (Fsp3) is 0.662. The second-order valence-corrected chi connectivity index (χ2v) is 29.3. The fourth-order valence-electron chi connectivity index (χ4n) is 13.9. The summed E-state index contributed by atoms with van der Waals surface area (Å²) in [5.74, 6) is -8.68. The SMILES string of the molecule is COC1CC(C)[C@@]2(O)OC1[C@H](OC)CC(C)C/C(C)=C\[C@H](C/C=C/C(=O)NCCSSCCOC(=O)N(c1ccc(Cn3c(=O)[nH]c4c(N)nc(C(F)(F)F)cc43)cn1)N1CCCCC1)C(=O)C[C@H](O)[C@@H](C)[C@@H](/C(C)=C/[C@@H]1CC[C@@H](O)C(OC)C1)OC(=O)C1CCCCN1C(=O)C2=O. The van der Waals surface area contributed by atoms with Crippen molar-refractivity contribution in [2.24, 2.45) is 29.6 Å². The van der Waals surface area contributed by atoms with Crippen LogP contribution in [-0.4, -0.2) is 200 Å². The summed E-state index contributed by atoms with van der Waals surface area (Å²) in [5.41, 5.74) is 5.59. The summed E-state index contributed by atoms with van der Waals surface area (Å²) in [7, 11) is 7.39. The number of Topliss-reactive ketones (excluding diaryl/α,β-unsaturated/α-hetero) is 2. The maximum Gasteiger partial charge on any atom is 0.433 e. The number of rotatable bonds is 19. The van der Waals surface area contributed by atoms with Crippen LogP contribution < -0.4 is 21.7 Å². The number of nitrogen functional groups attached to an aromatic ring is 1. The van der Waals surface area contributed by atoms with Gasteiger partial charge in [0.1, 0.15) is 47.7 Å². The molecule has 0 aromatic carbocycles. The van der Waals surface area contributed by atoms with Crippen LogP contribution in [0.25, 0.3) is 11.0 Å². The Labute approximate surface area is 576 Å². The van der Waals surface area contributed by atoms with Gasteiger partial charge in [0.25, 0.3) is 11.7 Å². The van der Waals surface area contributed by atoms with Gasteiger partial charge in [-0.15, -0.1) is 0 Å². The third kappa shape index (κ3) is 19.6. The first-order valence-electron chi connectivity index (χ1n) is 33.8. The number of hydrogen-bond acceptors (Lipinski definition) is 22. The third-order valence-corrected chi connectivity index (χ3v) is 21.7. The molecule has 4 fully saturated rings. The standard InChI is InChI=1S/C68H96F3N9O16S2/c1-39-29-40(2)31-53(92-7)60-54(93-8)33-42(4)67(90,96-60)61(85)63(86)78-25-13-10-16-47(78)64(87)95-59(41(3)32-44-18-20-49(81)52(34-44)91-6)43(5)50(82)36-51(83)46(30-39)15-14-17-57(84)73-22-27-97-98-28-26-94-66(89)80(77-23-11-9-12-24-77)56-21-19-45(37-74-56)38-79-48-35-55(68(69,70)71)75-62(72)58(48)76-65(79)88/h14,17,19,21,30,32,35,37,40,42-44,46-47,49-50,52-54,59-60,81-82,90H,9-13,15-16,18,20,22-29,31,33-34,36,38H2,1-8H3,(H2,72,75)(H,73,84)(H,76,88)/b17-14+,39-30-,41-32+/t40?,42?,43-,44+,46+,47?,49-,50+,52?,53-,54?,59-,60?,67-/m1/s1. The monoisotopic (exact) mass is 1420 g/mol. The normalized spacial score (nSPS) is 30.1. The number of hydrazine groups is 1. The van der Waals surface area contributed by atoms with Crippen molar-refractivity contribution in [2.45, 2.75) is 192 Å². The fourth-order valence-corrected chi connectivity index (χ4v) is 15.6. The molecule has 14 atom stereocenters. The quantitative estimate of drug-likeness (QED) is 0.0168. The predicted octanol–water partition coefficient (Wildman–Crippen LogP) is 7.63. The molecular formula is C68H96F3N9O16S2. The van der Waals surface area contributed by atoms with Crippen LogP contribution in [0.1, 0.15) is 136 Å². The number of cyclic esters (lactones) is 1. The van der Waals surface area contributed by atoms with Crippen molar-refractivity contribution in [3.63, 3.8) is 0 Å². The molecule has 5 aliphatic rings. The van der Waals surface area contributed by atoms with E-state index in [1.165, 1.54) is 60.2 Å². The number of aliphatic hydroxyl groups is 3. The number of esters is 1. The molecule has 542 valence electrons. The van der Waals surface area contributed by atoms with Gasteiger partial charge in [-0.05, 0) is 132 Å². The number of nitrogens with zero attached hydrogens (tertiary/aromatic N) is 6. The molecule has 2 bridgehead atoms. The molecule has 3 saturated heterocycles. The number of anilines is 2. The van der Waals surface area contributed by atoms with Crippen LogP contribution in [0, 0.1) is 29.6 Å². The molecule has 7 heterocycles. The Kier molecular flexibility index (Phi) is 28.0. The molecule has 4 aliphatic heterocycles. The van der Waals surface area contributed by atoms with Gasteiger partial charge < -0.3 is 64.7 Å². The van der Waals surface area contributed by atoms with Crippen molar-refractivity contribution < 1.29 is 85.7 Å². The lowest BCUT2D eigenvalue weighted by Gasteiger charge is -2.47. The van der Waals surface area contributed by atoms with Crippen molar-refractivity contribution in [1.82, 2.24) is 34.7 Å². The van der Waals surface area contributed by atoms with Crippen LogP contribution in [0.3, 0.4) is 0 Å². The van der Waals surface area contributed by atoms with Crippen molar-refractivity contribution >= 4 is 79.7 Å². The summed E-state index contributed by atoms with van der Waals surface area (Å²) in [5, 5.41) is 41.1. The molecule has 30 heteroatoms. The molecule has 6 unspecified atom stereocenters. The van der Waals surface area contributed by atoms with Crippen LogP contribution in [0.5, 0.6) is 0 Å². The van der Waals surface area contributed by atoms with E-state index in [4.69, 9.17) is 34.2 Å². The number of aromatic nitrogens is 4. The number of ether oxygens (including phenoxy) is 6. The summed E-state index contributed by atoms with van der Waals surface area (Å²) >= 11 is 0. The van der Waals surface area contributed by atoms with E-state index in [1.807, 2.05) is 31.0 Å². The molecule has 3 amide bonds. The summed E-state index contributed by atoms with van der Waals surface area (Å²) in [6.45, 7) is 10.2. The number of alkyl halides is 3. The molecular weight excluding hydrogens is 1320 g/mol. The minimum atomic E-state index is -4.80. The van der Waals surface area contributed by atoms with Crippen LogP contribution >= 0.6 is 21.6 Å². The number of aliphatic hydroxyl groups excluding tert-OH is 2. The van der Waals surface area contributed by atoms with E-state index in [2.05, 4.69) is 20.3 Å². The number of carbonyl (C=O) groups excluding carboxylic acids is 6. The van der Waals surface area contributed by atoms with Crippen molar-refractivity contribution in [3.05, 3.63) is 81.6 Å². The second kappa shape index (κ2) is 35.4. The Hall–Kier alpha value is -6.22. The first-order valence-corrected chi connectivity index (χ1v) is 36.2. The number of methoxy groups -OCH3 is 3. The van der Waals surface area contributed by atoms with Gasteiger partial charge in [0.15, 0.2) is 5.82 Å². The van der Waals surface area contributed by atoms with Gasteiger partial charge in [-0.3, -0.25) is 23.7 Å². The molecule has 0 radical (unpaired) electrons. The van der Waals surface area contributed by atoms with Gasteiger partial charge in [0, 0.05) is 89.4 Å². The molecule has 1 saturated carbocycles. The molecule has 3 aromatic heterocycles. The van der Waals surface area contributed by atoms with Crippen LogP contribution in [0.4, 0.5) is 29.6 Å². The van der Waals surface area contributed by atoms with Crippen LogP contribution in [0.2, 0.25) is 0 Å². The van der Waals surface area contributed by atoms with Gasteiger partial charge in [-0.1, -0.05) is 78.6 Å². The molecule has 0 spiro atoms. The van der Waals surface area contributed by atoms with E-state index in [1.54, 1.807) is 39.0 Å². The zero-order valence-corrected chi connectivity index (χ0v) is 58.7. The number of fused-ring (bicyclic) bond motifs is 4. The average molecular weight is 1420 g/mol. The van der Waals surface area contributed by atoms with Crippen LogP contribution in [-0.2, 0) is 65.1 Å². The number of ketones is 2. The summed E-state index contributed by atoms with van der Waals surface area (Å²) in [6.07, 6.45) is 2.72. The summed E-state index contributed by atoms with van der Waals surface area (Å²) < 4.78 is 77.8. The Morgan fingerprint density at radius 2 is 1.61 bits per heavy atom. The number of nitrogens with two attached hydrogens (primary N) is 1. The van der Waals surface area contributed by atoms with E-state index in [-0.39, 0.29) is 86.4 Å². The average Bonchev–Trinajstić information content (AvgIpc) is 1.19. The number of halogens is 3. The lowest BCUT2D eigenvalue weighted by Crippen LogP contribution is -2.64. The van der Waals surface area contributed by atoms with Gasteiger partial charge in [-0.2, -0.15) is 18.2 Å². The van der Waals surface area contributed by atoms with Crippen molar-refractivity contribution in [1.29, 1.82) is 0 Å². The van der Waals surface area contributed by atoms with Gasteiger partial charge >= 0.3 is 23.9 Å². The van der Waals surface area contributed by atoms with E-state index in [0.29, 0.717) is 80.7 Å². The Morgan fingerprint density at radius 3 is 2.31 bits per heavy atom. The van der Waals surface area contributed by atoms with E-state index < -0.39 is 125 Å². The summed E-state index contributed by atoms with van der Waals surface area (Å²) in [6, 6.07) is 2.71. The maximum absolute atomic E-state index is 14.7. The zero-order chi connectivity index (χ0) is 71.2. The highest BCUT2D eigenvalue weighted by Crippen LogP contribution is 2.40. The molecule has 3 aromatic rings. The number of amides is 3. The first-order chi connectivity index (χ1) is 46.6. The molecule has 7 N–H and O–H groups in total. The number of piperidine rings is 2. The highest BCUT2D eigenvalue weighted by molar-refractivity contribution is 8.76. The molecule has 1 aliphatic carbocycles. The lowest BCUT2D eigenvalue weighted by molar-refractivity contribution is -0.302. The minimum Gasteiger partial charge on any atom is -0.456 e. The molecule has 98 heavy (non-hydrogen) atoms. The topological polar surface area (TPSA) is 330 Å². The number of carbonyl (C=O) groups is 6. The zero-order valence-electron chi connectivity index (χ0n) is 57.0. The third-order valence-electron chi connectivity index (χ3n) is 19.3. The Balaban J connectivity index is 0.905. The Bertz CT molecular complexity index is 3400. The number of aromatic amines is 1. The number of allylic oxidation sites excluding steroid dienone is 4. The first kappa shape index (κ1) is 77.5. The summed E-state index contributed by atoms with van der Waals surface area (Å²) in [4.78, 5) is 110. The van der Waals surface area contributed by atoms with Crippen LogP contribution in [0.15, 0.2) is 64.6 Å². The number of imidazole rings is 1. The number of nitrogens with one attached hydrogen (secondary N) is 2. The van der Waals surface area contributed by atoms with E-state index >= 15 is 0 Å². The molecule has 8 rings (SSSR count). The second-order valence-electron chi connectivity index (χ2n) is 26.6.